The zero-order valence-corrected chi connectivity index (χ0v) is 29.5. The van der Waals surface area contributed by atoms with Crippen LogP contribution in [0.15, 0.2) is 0 Å². The fraction of sp³-hybridized carbons (Fsp3) is 0.972. The van der Waals surface area contributed by atoms with Crippen molar-refractivity contribution < 1.29 is 50.0 Å². The van der Waals surface area contributed by atoms with E-state index >= 15 is 0 Å². The summed E-state index contributed by atoms with van der Waals surface area (Å²) in [4.78, 5) is 12.9. The van der Waals surface area contributed by atoms with E-state index in [0.29, 0.717) is 19.3 Å². The Labute approximate surface area is 284 Å². The van der Waals surface area contributed by atoms with E-state index in [2.05, 4.69) is 19.2 Å². The van der Waals surface area contributed by atoms with Crippen molar-refractivity contribution in [2.75, 3.05) is 13.2 Å². The zero-order chi connectivity index (χ0) is 34.9. The Kier molecular flexibility index (Phi) is 26.2. The highest BCUT2D eigenvalue weighted by Crippen LogP contribution is 2.23. The van der Waals surface area contributed by atoms with Crippen LogP contribution in [-0.4, -0.2) is 110 Å². The molecule has 0 aromatic heterocycles. The van der Waals surface area contributed by atoms with E-state index in [1.54, 1.807) is 0 Å². The van der Waals surface area contributed by atoms with Gasteiger partial charge in [-0.05, 0) is 12.8 Å². The predicted molar refractivity (Wildman–Crippen MR) is 183 cm³/mol. The van der Waals surface area contributed by atoms with Crippen LogP contribution in [0, 0.1) is 0 Å². The average molecular weight is 678 g/mol. The summed E-state index contributed by atoms with van der Waals surface area (Å²) in [5.41, 5.74) is 0. The number of amides is 1. The molecule has 0 aromatic rings. The van der Waals surface area contributed by atoms with E-state index in [4.69, 9.17) is 9.47 Å². The molecule has 0 radical (unpaired) electrons. The van der Waals surface area contributed by atoms with Crippen LogP contribution in [0.4, 0.5) is 0 Å². The molecule has 0 aromatic carbocycles. The third-order valence-corrected chi connectivity index (χ3v) is 9.41. The van der Waals surface area contributed by atoms with E-state index in [-0.39, 0.29) is 6.42 Å². The van der Waals surface area contributed by atoms with Crippen molar-refractivity contribution in [2.45, 2.75) is 210 Å². The van der Waals surface area contributed by atoms with Crippen molar-refractivity contribution in [3.05, 3.63) is 0 Å². The molecule has 1 amide bonds. The van der Waals surface area contributed by atoms with E-state index in [1.165, 1.54) is 64.2 Å². The molecule has 0 spiro atoms. The molecule has 1 rings (SSSR count). The molecular weight excluding hydrogens is 606 g/mol. The number of unbranched alkanes of at least 4 members (excludes halogenated alkanes) is 18. The van der Waals surface area contributed by atoms with Gasteiger partial charge in [-0.1, -0.05) is 142 Å². The minimum Gasteiger partial charge on any atom is -0.394 e. The van der Waals surface area contributed by atoms with Gasteiger partial charge in [0.25, 0.3) is 0 Å². The van der Waals surface area contributed by atoms with Gasteiger partial charge in [0.1, 0.15) is 36.6 Å². The monoisotopic (exact) mass is 678 g/mol. The molecule has 1 aliphatic rings. The summed E-state index contributed by atoms with van der Waals surface area (Å²) < 4.78 is 11.0. The normalized spacial score (nSPS) is 24.1. The average Bonchev–Trinajstić information content (AvgIpc) is 3.07. The van der Waals surface area contributed by atoms with Gasteiger partial charge in [-0.3, -0.25) is 4.79 Å². The lowest BCUT2D eigenvalue weighted by Crippen LogP contribution is -2.60. The Morgan fingerprint density at radius 2 is 1.11 bits per heavy atom. The molecule has 0 aliphatic carbocycles. The van der Waals surface area contributed by atoms with Gasteiger partial charge in [-0.25, -0.2) is 0 Å². The van der Waals surface area contributed by atoms with E-state index in [9.17, 15) is 40.5 Å². The highest BCUT2D eigenvalue weighted by molar-refractivity contribution is 5.80. The molecule has 1 saturated heterocycles. The van der Waals surface area contributed by atoms with Crippen molar-refractivity contribution >= 4 is 5.91 Å². The summed E-state index contributed by atoms with van der Waals surface area (Å²) in [6.07, 6.45) is 12.0. The number of carbonyl (C=O) groups is 1. The zero-order valence-electron chi connectivity index (χ0n) is 29.5. The molecule has 8 N–H and O–H groups in total. The minimum absolute atomic E-state index is 0.264. The fourth-order valence-corrected chi connectivity index (χ4v) is 6.14. The molecule has 1 aliphatic heterocycles. The molecule has 1 fully saturated rings. The number of hydrogen-bond acceptors (Lipinski definition) is 10. The number of ether oxygens (including phenoxy) is 2. The molecule has 280 valence electrons. The van der Waals surface area contributed by atoms with Crippen LogP contribution in [0.25, 0.3) is 0 Å². The van der Waals surface area contributed by atoms with Crippen LogP contribution >= 0.6 is 0 Å². The molecule has 47 heavy (non-hydrogen) atoms. The van der Waals surface area contributed by atoms with E-state index in [1.807, 2.05) is 0 Å². The van der Waals surface area contributed by atoms with Gasteiger partial charge in [-0.2, -0.15) is 0 Å². The standard InChI is InChI=1S/C36H71NO10/c1-3-5-7-9-11-12-13-14-15-16-17-18-20-22-24-29(40)35(45)37-27(31(41)28(39)23-21-19-10-8-6-4-2)26-46-36-34(44)33(43)32(42)30(25-38)47-36/h27-34,36,38-44H,3-26H2,1-2H3,(H,37,45). The molecule has 9 atom stereocenters. The number of aliphatic hydroxyl groups is 7. The molecular formula is C36H71NO10. The summed E-state index contributed by atoms with van der Waals surface area (Å²) in [6, 6.07) is -1.16. The maximum Gasteiger partial charge on any atom is 0.249 e. The quantitative estimate of drug-likeness (QED) is 0.0516. The Morgan fingerprint density at radius 1 is 0.660 bits per heavy atom. The fourth-order valence-electron chi connectivity index (χ4n) is 6.14. The second-order valence-corrected chi connectivity index (χ2v) is 13.7. The van der Waals surface area contributed by atoms with Gasteiger partial charge in [0.05, 0.1) is 25.4 Å². The van der Waals surface area contributed by atoms with Gasteiger partial charge in [0.2, 0.25) is 5.91 Å². The molecule has 0 saturated carbocycles. The maximum atomic E-state index is 12.9. The van der Waals surface area contributed by atoms with Crippen molar-refractivity contribution in [1.82, 2.24) is 5.32 Å². The van der Waals surface area contributed by atoms with Gasteiger partial charge in [0, 0.05) is 0 Å². The lowest BCUT2D eigenvalue weighted by Gasteiger charge is -2.40. The second kappa shape index (κ2) is 27.9. The molecule has 9 unspecified atom stereocenters. The number of hydrogen-bond donors (Lipinski definition) is 8. The van der Waals surface area contributed by atoms with Crippen molar-refractivity contribution in [2.24, 2.45) is 0 Å². The smallest absolute Gasteiger partial charge is 0.249 e. The van der Waals surface area contributed by atoms with Crippen LogP contribution in [0.1, 0.15) is 155 Å². The summed E-state index contributed by atoms with van der Waals surface area (Å²) in [6.45, 7) is 3.33. The first-order valence-corrected chi connectivity index (χ1v) is 18.9. The van der Waals surface area contributed by atoms with E-state index < -0.39 is 74.2 Å². The molecule has 0 bridgehead atoms. The summed E-state index contributed by atoms with van der Waals surface area (Å²) in [7, 11) is 0. The number of nitrogens with one attached hydrogen (secondary N) is 1. The first kappa shape index (κ1) is 44.1. The molecule has 11 heteroatoms. The van der Waals surface area contributed by atoms with Crippen molar-refractivity contribution in [3.63, 3.8) is 0 Å². The Morgan fingerprint density at radius 3 is 1.57 bits per heavy atom. The van der Waals surface area contributed by atoms with Gasteiger partial charge in [-0.15, -0.1) is 0 Å². The molecule has 11 nitrogen and oxygen atoms in total. The number of rotatable bonds is 30. The Balaban J connectivity index is 2.51. The Hall–Kier alpha value is -0.890. The van der Waals surface area contributed by atoms with Crippen LogP contribution < -0.4 is 5.32 Å². The maximum absolute atomic E-state index is 12.9. The highest BCUT2D eigenvalue weighted by atomic mass is 16.7. The van der Waals surface area contributed by atoms with Crippen LogP contribution in [0.2, 0.25) is 0 Å². The largest absolute Gasteiger partial charge is 0.394 e. The predicted octanol–water partition coefficient (Wildman–Crippen LogP) is 3.99. The van der Waals surface area contributed by atoms with Crippen LogP contribution in [-0.2, 0) is 14.3 Å². The molecule has 1 heterocycles. The highest BCUT2D eigenvalue weighted by Gasteiger charge is 2.44. The Bertz CT molecular complexity index is 745. The van der Waals surface area contributed by atoms with Gasteiger partial charge < -0.3 is 50.5 Å². The van der Waals surface area contributed by atoms with E-state index in [0.717, 1.165) is 51.4 Å². The summed E-state index contributed by atoms with van der Waals surface area (Å²) >= 11 is 0. The number of carbonyl (C=O) groups excluding carboxylic acids is 1. The lowest BCUT2D eigenvalue weighted by atomic mass is 9.98. The first-order valence-electron chi connectivity index (χ1n) is 18.9. The second-order valence-electron chi connectivity index (χ2n) is 13.7. The SMILES string of the molecule is CCCCCCCCCCCCCCCCC(O)C(=O)NC(COC1OC(CO)C(O)C(O)C1O)C(O)C(O)CCCCCCCC. The summed E-state index contributed by atoms with van der Waals surface area (Å²) in [5.74, 6) is -0.701. The minimum atomic E-state index is -1.65. The van der Waals surface area contributed by atoms with Crippen LogP contribution in [0.3, 0.4) is 0 Å². The van der Waals surface area contributed by atoms with Gasteiger partial charge in [0.15, 0.2) is 6.29 Å². The van der Waals surface area contributed by atoms with Crippen molar-refractivity contribution in [3.8, 4) is 0 Å². The summed E-state index contributed by atoms with van der Waals surface area (Å²) in [5, 5.41) is 74.8. The van der Waals surface area contributed by atoms with Crippen molar-refractivity contribution in [1.29, 1.82) is 0 Å². The van der Waals surface area contributed by atoms with Gasteiger partial charge >= 0.3 is 0 Å². The first-order chi connectivity index (χ1) is 22.7. The number of aliphatic hydroxyl groups excluding tert-OH is 7. The third-order valence-electron chi connectivity index (χ3n) is 9.41. The van der Waals surface area contributed by atoms with Crippen LogP contribution in [0.5, 0.6) is 0 Å². The topological polar surface area (TPSA) is 189 Å². The lowest BCUT2D eigenvalue weighted by molar-refractivity contribution is -0.303. The third kappa shape index (κ3) is 19.2.